The van der Waals surface area contributed by atoms with E-state index in [9.17, 15) is 26.8 Å². The van der Waals surface area contributed by atoms with Gasteiger partial charge in [-0.25, -0.2) is 17.2 Å². The van der Waals surface area contributed by atoms with Gasteiger partial charge in [-0.3, -0.25) is 14.5 Å². The number of benzene rings is 1. The number of carbonyl (C=O) groups excluding carboxylic acids is 2. The van der Waals surface area contributed by atoms with E-state index in [1.807, 2.05) is 6.92 Å². The zero-order valence-electron chi connectivity index (χ0n) is 19.8. The van der Waals surface area contributed by atoms with E-state index in [0.29, 0.717) is 29.7 Å². The Morgan fingerprint density at radius 1 is 1.17 bits per heavy atom. The highest BCUT2D eigenvalue weighted by atomic mass is 32.2. The van der Waals surface area contributed by atoms with Gasteiger partial charge in [0.25, 0.3) is 6.43 Å². The summed E-state index contributed by atoms with van der Waals surface area (Å²) < 4.78 is 53.6. The van der Waals surface area contributed by atoms with Gasteiger partial charge in [0.2, 0.25) is 5.91 Å². The first kappa shape index (κ1) is 25.2. The summed E-state index contributed by atoms with van der Waals surface area (Å²) in [6.07, 6.45) is -0.374. The molecular weight excluding hydrogens is 480 g/mol. The monoisotopic (exact) mass is 507 g/mol. The third-order valence-electron chi connectivity index (χ3n) is 6.81. The highest BCUT2D eigenvalue weighted by Gasteiger charge is 2.46. The molecule has 0 saturated carbocycles. The van der Waals surface area contributed by atoms with E-state index in [1.165, 1.54) is 17.2 Å². The lowest BCUT2D eigenvalue weighted by Gasteiger charge is -2.32. The second-order valence-electron chi connectivity index (χ2n) is 10.0. The normalized spacial score (nSPS) is 20.1. The van der Waals surface area contributed by atoms with Crippen molar-refractivity contribution in [1.29, 1.82) is 0 Å². The van der Waals surface area contributed by atoms with Crippen LogP contribution in [0.2, 0.25) is 0 Å². The number of amides is 1. The molecule has 1 fully saturated rings. The molecular formula is C24H27F2N3O5S. The van der Waals surface area contributed by atoms with Crippen LogP contribution in [0.15, 0.2) is 30.5 Å². The Morgan fingerprint density at radius 3 is 2.51 bits per heavy atom. The Morgan fingerprint density at radius 2 is 1.86 bits per heavy atom. The number of nitrogens with zero attached hydrogens (tertiary/aromatic N) is 3. The number of hydrogen-bond acceptors (Lipinski definition) is 7. The number of halogens is 2. The fourth-order valence-corrected chi connectivity index (χ4v) is 6.33. The van der Waals surface area contributed by atoms with Crippen molar-refractivity contribution in [1.82, 2.24) is 10.2 Å². The van der Waals surface area contributed by atoms with Crippen LogP contribution in [0.4, 0.5) is 20.3 Å². The predicted molar refractivity (Wildman–Crippen MR) is 125 cm³/mol. The Kier molecular flexibility index (Phi) is 6.41. The first-order chi connectivity index (χ1) is 16.3. The Balaban J connectivity index is 1.61. The van der Waals surface area contributed by atoms with Crippen LogP contribution >= 0.6 is 0 Å². The van der Waals surface area contributed by atoms with Gasteiger partial charge in [-0.15, -0.1) is 5.10 Å². The number of ketones is 1. The molecule has 0 spiro atoms. The quantitative estimate of drug-likeness (QED) is 0.524. The summed E-state index contributed by atoms with van der Waals surface area (Å²) in [5.41, 5.74) is 0.224. The van der Waals surface area contributed by atoms with Crippen molar-refractivity contribution < 1.29 is 31.5 Å². The Hall–Kier alpha value is -2.95. The number of ether oxygens (including phenoxy) is 1. The summed E-state index contributed by atoms with van der Waals surface area (Å²) in [6.45, 7) is 4.60. The number of aromatic nitrogens is 2. The van der Waals surface area contributed by atoms with Gasteiger partial charge in [-0.2, -0.15) is 5.10 Å². The van der Waals surface area contributed by atoms with Gasteiger partial charge in [0.1, 0.15) is 22.2 Å². The molecule has 11 heteroatoms. The average molecular weight is 508 g/mol. The van der Waals surface area contributed by atoms with Crippen molar-refractivity contribution in [3.05, 3.63) is 41.6 Å². The molecule has 2 aromatic rings. The van der Waals surface area contributed by atoms with Crippen LogP contribution in [0.3, 0.4) is 0 Å². The van der Waals surface area contributed by atoms with Crippen molar-refractivity contribution in [2.45, 2.75) is 51.9 Å². The van der Waals surface area contributed by atoms with Crippen LogP contribution in [-0.4, -0.2) is 54.8 Å². The third-order valence-corrected chi connectivity index (χ3v) is 8.46. The van der Waals surface area contributed by atoms with Crippen LogP contribution in [0, 0.1) is 5.41 Å². The van der Waals surface area contributed by atoms with Crippen LogP contribution in [0.1, 0.15) is 56.0 Å². The molecule has 8 nitrogen and oxygen atoms in total. The topological polar surface area (TPSA) is 107 Å². The van der Waals surface area contributed by atoms with Gasteiger partial charge in [0, 0.05) is 18.1 Å². The van der Waals surface area contributed by atoms with E-state index in [1.54, 1.807) is 32.0 Å². The molecule has 0 unspecified atom stereocenters. The van der Waals surface area contributed by atoms with E-state index >= 15 is 0 Å². The summed E-state index contributed by atoms with van der Waals surface area (Å²) in [5, 5.41) is 7.77. The van der Waals surface area contributed by atoms with E-state index in [2.05, 4.69) is 10.2 Å². The van der Waals surface area contributed by atoms with Gasteiger partial charge in [-0.1, -0.05) is 6.92 Å². The first-order valence-electron chi connectivity index (χ1n) is 11.3. The maximum atomic E-state index is 13.3. The molecule has 0 radical (unpaired) electrons. The summed E-state index contributed by atoms with van der Waals surface area (Å²) in [5.74, 6) is -0.0650. The number of alkyl halides is 2. The molecule has 1 aromatic carbocycles. The summed E-state index contributed by atoms with van der Waals surface area (Å²) >= 11 is 0. The van der Waals surface area contributed by atoms with Gasteiger partial charge < -0.3 is 4.74 Å². The molecule has 2 aliphatic rings. The lowest BCUT2D eigenvalue weighted by molar-refractivity contribution is -0.121. The number of carbonyl (C=O) groups is 2. The fraction of sp³-hybridized carbons (Fsp3) is 0.500. The largest absolute Gasteiger partial charge is 0.486 e. The minimum absolute atomic E-state index is 0.0592. The van der Waals surface area contributed by atoms with E-state index < -0.39 is 33.7 Å². The Bertz CT molecular complexity index is 1270. The molecule has 0 bridgehead atoms. The molecule has 0 atom stereocenters. The van der Waals surface area contributed by atoms with Crippen molar-refractivity contribution in [2.24, 2.45) is 5.41 Å². The van der Waals surface area contributed by atoms with E-state index in [-0.39, 0.29) is 41.2 Å². The van der Waals surface area contributed by atoms with Crippen molar-refractivity contribution >= 4 is 33.0 Å². The number of anilines is 2. The molecule has 3 heterocycles. The lowest BCUT2D eigenvalue weighted by atomic mass is 9.78. The smallest absolute Gasteiger partial charge is 0.272 e. The SMILES string of the molecule is CC1(CC(=O)c2ccc3c(c2)C(C)(C)C(=O)N3c2cc(OCC(F)F)cnn2)CCS(=O)(=O)CC1. The maximum Gasteiger partial charge on any atom is 0.272 e. The molecule has 35 heavy (non-hydrogen) atoms. The predicted octanol–water partition coefficient (Wildman–Crippen LogP) is 3.86. The van der Waals surface area contributed by atoms with Crippen molar-refractivity contribution in [2.75, 3.05) is 23.0 Å². The minimum atomic E-state index is -3.04. The van der Waals surface area contributed by atoms with E-state index in [0.717, 1.165) is 0 Å². The van der Waals surface area contributed by atoms with Crippen LogP contribution in [0.5, 0.6) is 5.75 Å². The number of sulfone groups is 1. The second kappa shape index (κ2) is 8.92. The Labute approximate surface area is 202 Å². The number of hydrogen-bond donors (Lipinski definition) is 0. The summed E-state index contributed by atoms with van der Waals surface area (Å²) in [6, 6.07) is 6.37. The zero-order chi connectivity index (χ0) is 25.6. The molecule has 1 aromatic heterocycles. The molecule has 1 saturated heterocycles. The lowest BCUT2D eigenvalue weighted by Crippen LogP contribution is -2.33. The van der Waals surface area contributed by atoms with E-state index in [4.69, 9.17) is 4.74 Å². The van der Waals surface area contributed by atoms with Crippen LogP contribution in [0.25, 0.3) is 0 Å². The molecule has 0 N–H and O–H groups in total. The summed E-state index contributed by atoms with van der Waals surface area (Å²) in [4.78, 5) is 27.8. The van der Waals surface area contributed by atoms with Gasteiger partial charge in [0.05, 0.1) is 28.8 Å². The second-order valence-corrected chi connectivity index (χ2v) is 12.3. The van der Waals surface area contributed by atoms with Crippen LogP contribution < -0.4 is 9.64 Å². The average Bonchev–Trinajstić information content (AvgIpc) is 3.00. The third kappa shape index (κ3) is 5.05. The highest BCUT2D eigenvalue weighted by molar-refractivity contribution is 7.91. The standard InChI is InChI=1S/C24H27F2N3O5S/c1-23(2)17-10-15(19(30)12-24(3)6-8-35(32,33)9-7-24)4-5-18(17)29(22(23)31)21-11-16(13-27-28-21)34-14-20(25)26/h4-5,10-11,13,20H,6-9,12,14H2,1-3H3. The summed E-state index contributed by atoms with van der Waals surface area (Å²) in [7, 11) is -3.04. The zero-order valence-corrected chi connectivity index (χ0v) is 20.6. The van der Waals surface area contributed by atoms with Crippen LogP contribution in [-0.2, 0) is 20.0 Å². The van der Waals surface area contributed by atoms with Crippen molar-refractivity contribution in [3.63, 3.8) is 0 Å². The minimum Gasteiger partial charge on any atom is -0.486 e. The fourth-order valence-electron chi connectivity index (χ4n) is 4.52. The van der Waals surface area contributed by atoms with Gasteiger partial charge >= 0.3 is 0 Å². The first-order valence-corrected chi connectivity index (χ1v) is 13.1. The number of rotatable bonds is 7. The molecule has 4 rings (SSSR count). The van der Waals surface area contributed by atoms with Crippen molar-refractivity contribution in [3.8, 4) is 5.75 Å². The van der Waals surface area contributed by atoms with Gasteiger partial charge in [0.15, 0.2) is 11.6 Å². The molecule has 1 amide bonds. The number of fused-ring (bicyclic) bond motifs is 1. The number of Topliss-reactive ketones (excluding diaryl/α,β-unsaturated/α-hetero) is 1. The molecule has 0 aliphatic carbocycles. The van der Waals surface area contributed by atoms with Gasteiger partial charge in [-0.05, 0) is 55.9 Å². The highest BCUT2D eigenvalue weighted by Crippen LogP contribution is 2.46. The maximum absolute atomic E-state index is 13.3. The molecule has 188 valence electrons. The molecule has 2 aliphatic heterocycles.